The third-order valence-corrected chi connectivity index (χ3v) is 3.22. The SMILES string of the molecule is C[C@@H]1CNC[C@H](C)N1Cc1ccccc1.Cl.Cl. The van der Waals surface area contributed by atoms with Crippen molar-refractivity contribution in [3.05, 3.63) is 35.9 Å². The Morgan fingerprint density at radius 2 is 1.59 bits per heavy atom. The minimum absolute atomic E-state index is 0. The number of hydrogen-bond donors (Lipinski definition) is 1. The largest absolute Gasteiger partial charge is 0.314 e. The van der Waals surface area contributed by atoms with E-state index in [0.29, 0.717) is 12.1 Å². The molecule has 0 amide bonds. The average Bonchev–Trinajstić information content (AvgIpc) is 2.25. The van der Waals surface area contributed by atoms with Crippen LogP contribution in [0.1, 0.15) is 19.4 Å². The fourth-order valence-corrected chi connectivity index (χ4v) is 2.28. The topological polar surface area (TPSA) is 15.3 Å². The Bertz CT molecular complexity index is 296. The Kier molecular flexibility index (Phi) is 7.80. The van der Waals surface area contributed by atoms with E-state index >= 15 is 0 Å². The van der Waals surface area contributed by atoms with E-state index in [0.717, 1.165) is 19.6 Å². The van der Waals surface area contributed by atoms with E-state index in [2.05, 4.69) is 54.4 Å². The molecule has 2 rings (SSSR count). The van der Waals surface area contributed by atoms with Crippen molar-refractivity contribution in [2.24, 2.45) is 0 Å². The lowest BCUT2D eigenvalue weighted by molar-refractivity contribution is 0.109. The van der Waals surface area contributed by atoms with Gasteiger partial charge in [0.2, 0.25) is 0 Å². The first kappa shape index (κ1) is 16.7. The van der Waals surface area contributed by atoms with Gasteiger partial charge in [-0.2, -0.15) is 0 Å². The van der Waals surface area contributed by atoms with Gasteiger partial charge in [-0.25, -0.2) is 0 Å². The summed E-state index contributed by atoms with van der Waals surface area (Å²) >= 11 is 0. The van der Waals surface area contributed by atoms with Crippen molar-refractivity contribution >= 4 is 24.8 Å². The molecule has 0 radical (unpaired) electrons. The highest BCUT2D eigenvalue weighted by molar-refractivity contribution is 5.85. The fourth-order valence-electron chi connectivity index (χ4n) is 2.28. The lowest BCUT2D eigenvalue weighted by atomic mass is 10.1. The van der Waals surface area contributed by atoms with E-state index in [1.807, 2.05) is 0 Å². The Labute approximate surface area is 117 Å². The average molecular weight is 277 g/mol. The molecule has 0 aliphatic carbocycles. The van der Waals surface area contributed by atoms with Crippen LogP contribution < -0.4 is 5.32 Å². The summed E-state index contributed by atoms with van der Waals surface area (Å²) in [6.07, 6.45) is 0. The zero-order valence-electron chi connectivity index (χ0n) is 10.4. The van der Waals surface area contributed by atoms with Gasteiger partial charge in [0.1, 0.15) is 0 Å². The van der Waals surface area contributed by atoms with E-state index in [1.165, 1.54) is 5.56 Å². The molecule has 1 aromatic rings. The maximum absolute atomic E-state index is 3.46. The van der Waals surface area contributed by atoms with Crippen molar-refractivity contribution in [3.8, 4) is 0 Å². The molecule has 4 heteroatoms. The fraction of sp³-hybridized carbons (Fsp3) is 0.538. The summed E-state index contributed by atoms with van der Waals surface area (Å²) in [4.78, 5) is 2.58. The van der Waals surface area contributed by atoms with Gasteiger partial charge in [0.15, 0.2) is 0 Å². The van der Waals surface area contributed by atoms with Crippen molar-refractivity contribution < 1.29 is 0 Å². The third kappa shape index (κ3) is 4.47. The molecular formula is C13H22Cl2N2. The molecule has 0 unspecified atom stereocenters. The number of nitrogens with one attached hydrogen (secondary N) is 1. The second kappa shape index (κ2) is 7.93. The van der Waals surface area contributed by atoms with E-state index in [-0.39, 0.29) is 24.8 Å². The molecule has 0 saturated carbocycles. The van der Waals surface area contributed by atoms with Gasteiger partial charge in [0, 0.05) is 31.7 Å². The molecule has 1 fully saturated rings. The van der Waals surface area contributed by atoms with Crippen LogP contribution in [0.4, 0.5) is 0 Å². The van der Waals surface area contributed by atoms with Crippen LogP contribution in [0.5, 0.6) is 0 Å². The molecule has 1 aromatic carbocycles. The number of hydrogen-bond acceptors (Lipinski definition) is 2. The predicted octanol–water partition coefficient (Wildman–Crippen LogP) is 2.71. The van der Waals surface area contributed by atoms with Gasteiger partial charge in [-0.15, -0.1) is 24.8 Å². The van der Waals surface area contributed by atoms with Crippen LogP contribution in [0.25, 0.3) is 0 Å². The molecule has 98 valence electrons. The summed E-state index contributed by atoms with van der Waals surface area (Å²) in [6, 6.07) is 12.0. The monoisotopic (exact) mass is 276 g/mol. The quantitative estimate of drug-likeness (QED) is 0.894. The molecule has 17 heavy (non-hydrogen) atoms. The lowest BCUT2D eigenvalue weighted by Gasteiger charge is -2.39. The predicted molar refractivity (Wildman–Crippen MR) is 78.3 cm³/mol. The van der Waals surface area contributed by atoms with Crippen LogP contribution in [0.2, 0.25) is 0 Å². The van der Waals surface area contributed by atoms with E-state index in [9.17, 15) is 0 Å². The maximum atomic E-state index is 3.46. The van der Waals surface area contributed by atoms with Gasteiger partial charge in [-0.05, 0) is 19.4 Å². The number of benzene rings is 1. The number of piperazine rings is 1. The van der Waals surface area contributed by atoms with Gasteiger partial charge in [-0.3, -0.25) is 4.90 Å². The van der Waals surface area contributed by atoms with E-state index in [4.69, 9.17) is 0 Å². The summed E-state index contributed by atoms with van der Waals surface area (Å²) in [6.45, 7) is 7.89. The summed E-state index contributed by atoms with van der Waals surface area (Å²) < 4.78 is 0. The Hall–Kier alpha value is -0.280. The van der Waals surface area contributed by atoms with Crippen LogP contribution in [0.15, 0.2) is 30.3 Å². The molecule has 1 saturated heterocycles. The van der Waals surface area contributed by atoms with Crippen LogP contribution in [0, 0.1) is 0 Å². The molecule has 1 aliphatic heterocycles. The number of halogens is 2. The second-order valence-corrected chi connectivity index (χ2v) is 4.51. The Balaban J connectivity index is 0.00000128. The van der Waals surface area contributed by atoms with Gasteiger partial charge in [0.25, 0.3) is 0 Å². The molecular weight excluding hydrogens is 255 g/mol. The molecule has 0 spiro atoms. The molecule has 1 heterocycles. The van der Waals surface area contributed by atoms with Crippen molar-refractivity contribution in [2.45, 2.75) is 32.5 Å². The van der Waals surface area contributed by atoms with Crippen molar-refractivity contribution in [3.63, 3.8) is 0 Å². The van der Waals surface area contributed by atoms with E-state index in [1.54, 1.807) is 0 Å². The Morgan fingerprint density at radius 1 is 1.06 bits per heavy atom. The number of rotatable bonds is 2. The first-order chi connectivity index (χ1) is 7.27. The normalized spacial score (nSPS) is 24.6. The first-order valence-corrected chi connectivity index (χ1v) is 5.78. The second-order valence-electron chi connectivity index (χ2n) is 4.51. The highest BCUT2D eigenvalue weighted by Crippen LogP contribution is 2.14. The van der Waals surface area contributed by atoms with Crippen molar-refractivity contribution in [2.75, 3.05) is 13.1 Å². The number of nitrogens with zero attached hydrogens (tertiary/aromatic N) is 1. The smallest absolute Gasteiger partial charge is 0.0240 e. The molecule has 1 N–H and O–H groups in total. The molecule has 2 nitrogen and oxygen atoms in total. The van der Waals surface area contributed by atoms with Gasteiger partial charge in [-0.1, -0.05) is 30.3 Å². The summed E-state index contributed by atoms with van der Waals surface area (Å²) in [5.41, 5.74) is 1.41. The van der Waals surface area contributed by atoms with Crippen LogP contribution in [0.3, 0.4) is 0 Å². The minimum atomic E-state index is 0. The van der Waals surface area contributed by atoms with Crippen LogP contribution >= 0.6 is 24.8 Å². The summed E-state index contributed by atoms with van der Waals surface area (Å²) in [5.74, 6) is 0. The lowest BCUT2D eigenvalue weighted by Crippen LogP contribution is -2.54. The van der Waals surface area contributed by atoms with Crippen molar-refractivity contribution in [1.29, 1.82) is 0 Å². The zero-order valence-corrected chi connectivity index (χ0v) is 12.1. The van der Waals surface area contributed by atoms with Gasteiger partial charge in [0.05, 0.1) is 0 Å². The van der Waals surface area contributed by atoms with Crippen molar-refractivity contribution in [1.82, 2.24) is 10.2 Å². The van der Waals surface area contributed by atoms with Crippen LogP contribution in [-0.2, 0) is 6.54 Å². The molecule has 0 bridgehead atoms. The van der Waals surface area contributed by atoms with Crippen LogP contribution in [-0.4, -0.2) is 30.1 Å². The highest BCUT2D eigenvalue weighted by atomic mass is 35.5. The minimum Gasteiger partial charge on any atom is -0.314 e. The third-order valence-electron chi connectivity index (χ3n) is 3.22. The summed E-state index contributed by atoms with van der Waals surface area (Å²) in [5, 5.41) is 3.46. The maximum Gasteiger partial charge on any atom is 0.0240 e. The van der Waals surface area contributed by atoms with E-state index < -0.39 is 0 Å². The standard InChI is InChI=1S/C13H20N2.2ClH/c1-11-8-14-9-12(2)15(11)10-13-6-4-3-5-7-13;;/h3-7,11-12,14H,8-10H2,1-2H3;2*1H/t11-,12+;;. The Morgan fingerprint density at radius 3 is 2.12 bits per heavy atom. The molecule has 0 aromatic heterocycles. The molecule has 2 atom stereocenters. The van der Waals surface area contributed by atoms with Gasteiger partial charge >= 0.3 is 0 Å². The summed E-state index contributed by atoms with van der Waals surface area (Å²) in [7, 11) is 0. The molecule has 1 aliphatic rings. The zero-order chi connectivity index (χ0) is 10.7. The highest BCUT2D eigenvalue weighted by Gasteiger charge is 2.23. The van der Waals surface area contributed by atoms with Gasteiger partial charge < -0.3 is 5.32 Å². The first-order valence-electron chi connectivity index (χ1n) is 5.78.